The average Bonchev–Trinajstić information content (AvgIpc) is 3.09. The maximum atomic E-state index is 14.4. The maximum Gasteiger partial charge on any atom is 0.235 e. The Labute approximate surface area is 303 Å². The quantitative estimate of drug-likeness (QED) is 0.0994. The molecule has 6 rings (SSSR count). The normalized spacial score (nSPS) is 33.9. The van der Waals surface area contributed by atoms with Crippen LogP contribution in [-0.2, 0) is 36.9 Å². The molecule has 1 amide bonds. The number of hydrogen-bond donors (Lipinski definition) is 8. The lowest BCUT2D eigenvalue weighted by atomic mass is 9.52. The minimum Gasteiger partial charge on any atom is -0.505 e. The third-order valence-electron chi connectivity index (χ3n) is 11.1. The van der Waals surface area contributed by atoms with Gasteiger partial charge in [0.1, 0.15) is 35.9 Å². The van der Waals surface area contributed by atoms with E-state index in [0.717, 1.165) is 0 Å². The highest BCUT2D eigenvalue weighted by molar-refractivity contribution is 6.32. The van der Waals surface area contributed by atoms with Crippen LogP contribution in [0.15, 0.2) is 30.3 Å². The van der Waals surface area contributed by atoms with Crippen molar-refractivity contribution in [2.75, 3.05) is 45.0 Å². The summed E-state index contributed by atoms with van der Waals surface area (Å²) < 4.78 is 11.3. The summed E-state index contributed by atoms with van der Waals surface area (Å²) in [6.07, 6.45) is -7.55. The molecule has 0 radical (unpaired) electrons. The number of amides is 1. The van der Waals surface area contributed by atoms with Crippen molar-refractivity contribution in [1.82, 2.24) is 4.90 Å². The molecule has 1 heterocycles. The number of phenolic OH excluding ortho intramolecular Hbond substituents is 1. The van der Waals surface area contributed by atoms with Gasteiger partial charge in [-0.1, -0.05) is 18.2 Å². The lowest BCUT2D eigenvalue weighted by Crippen LogP contribution is -2.74. The molecule has 2 aromatic rings. The molecule has 2 unspecified atom stereocenters. The number of carbonyl (C=O) groups excluding carboxylic acids is 5. The minimum atomic E-state index is -2.85. The summed E-state index contributed by atoms with van der Waals surface area (Å²) in [5.41, 5.74) is 3.89. The van der Waals surface area contributed by atoms with Gasteiger partial charge in [-0.15, -0.1) is 0 Å². The fraction of sp³-hybridized carbons (Fsp3) is 0.528. The smallest absolute Gasteiger partial charge is 0.235 e. The summed E-state index contributed by atoms with van der Waals surface area (Å²) in [4.78, 5) is 71.0. The zero-order valence-corrected chi connectivity index (χ0v) is 29.5. The van der Waals surface area contributed by atoms with Crippen molar-refractivity contribution in [3.8, 4) is 11.5 Å². The monoisotopic (exact) mass is 740 g/mol. The summed E-state index contributed by atoms with van der Waals surface area (Å²) in [7, 11) is 6.49. The third kappa shape index (κ3) is 6.05. The van der Waals surface area contributed by atoms with E-state index in [2.05, 4.69) is 5.32 Å². The number of nitrogens with one attached hydrogen (secondary N) is 1. The molecule has 286 valence electrons. The van der Waals surface area contributed by atoms with E-state index in [9.17, 15) is 54.6 Å². The Morgan fingerprint density at radius 2 is 1.72 bits per heavy atom. The molecule has 0 aromatic heterocycles. The van der Waals surface area contributed by atoms with Crippen LogP contribution in [0.3, 0.4) is 0 Å². The number of hydrogen-bond acceptors (Lipinski definition) is 16. The second-order valence-corrected chi connectivity index (χ2v) is 14.6. The molecule has 17 nitrogen and oxygen atoms in total. The van der Waals surface area contributed by atoms with Crippen LogP contribution in [0.4, 0.5) is 11.4 Å². The van der Waals surface area contributed by atoms with Gasteiger partial charge in [0.2, 0.25) is 12.2 Å². The van der Waals surface area contributed by atoms with Crippen LogP contribution in [0.5, 0.6) is 11.5 Å². The average molecular weight is 741 g/mol. The summed E-state index contributed by atoms with van der Waals surface area (Å²) in [5.74, 6) is -11.4. The minimum absolute atomic E-state index is 0.0314. The number of nitrogens with two attached hydrogens (primary N) is 1. The van der Waals surface area contributed by atoms with Gasteiger partial charge in [0.05, 0.1) is 29.8 Å². The van der Waals surface area contributed by atoms with E-state index in [-0.39, 0.29) is 36.4 Å². The Morgan fingerprint density at radius 1 is 1.04 bits per heavy atom. The molecular weight excluding hydrogens is 696 g/mol. The van der Waals surface area contributed by atoms with Crippen LogP contribution < -0.4 is 20.7 Å². The van der Waals surface area contributed by atoms with E-state index in [1.165, 1.54) is 19.0 Å². The van der Waals surface area contributed by atoms with Crippen molar-refractivity contribution in [1.29, 1.82) is 0 Å². The van der Waals surface area contributed by atoms with Crippen LogP contribution in [0, 0.1) is 23.7 Å². The Kier molecular flexibility index (Phi) is 10.1. The number of nitrogens with zero attached hydrogens (tertiary/aromatic N) is 2. The first-order valence-electron chi connectivity index (χ1n) is 17.1. The van der Waals surface area contributed by atoms with Crippen molar-refractivity contribution in [3.63, 3.8) is 0 Å². The van der Waals surface area contributed by atoms with Gasteiger partial charge < -0.3 is 56.1 Å². The molecule has 2 aromatic carbocycles. The first kappa shape index (κ1) is 38.2. The van der Waals surface area contributed by atoms with Gasteiger partial charge in [-0.3, -0.25) is 28.9 Å². The number of rotatable bonds is 9. The number of para-hydroxylation sites is 1. The summed E-state index contributed by atoms with van der Waals surface area (Å²) >= 11 is 0. The second-order valence-electron chi connectivity index (χ2n) is 14.6. The number of ketones is 4. The molecule has 1 saturated heterocycles. The number of ether oxygens (including phenoxy) is 2. The van der Waals surface area contributed by atoms with Gasteiger partial charge in [-0.25, -0.2) is 0 Å². The lowest BCUT2D eigenvalue weighted by molar-refractivity contribution is -0.277. The van der Waals surface area contributed by atoms with Crippen LogP contribution in [0.2, 0.25) is 0 Å². The zero-order valence-electron chi connectivity index (χ0n) is 29.5. The Hall–Kier alpha value is -4.49. The third-order valence-corrected chi connectivity index (χ3v) is 11.1. The SMILES string of the molecule is CN(C)c1cc(NCc2ccccc2O[C@@H]2O[C@H](CO)[C@@H](O)[C@H](O)[C@H]2O)c(O)c2c1C[C@H]1C[C@H]3[C@@H](N(C)C)C(=O)C(C(N)=O)C(=O)[C@@]3(O)C(=O)C1C2=O. The molecular formula is C36H44N4O13. The fourth-order valence-electron chi connectivity index (χ4n) is 8.43. The van der Waals surface area contributed by atoms with Crippen LogP contribution in [0.1, 0.15) is 27.9 Å². The number of aliphatic hydroxyl groups is 5. The van der Waals surface area contributed by atoms with Crippen molar-refractivity contribution in [3.05, 3.63) is 47.0 Å². The number of carbonyl (C=O) groups is 5. The highest BCUT2D eigenvalue weighted by atomic mass is 16.7. The number of likely N-dealkylation sites (N-methyl/N-ethyl adjacent to an activating group) is 1. The van der Waals surface area contributed by atoms with Gasteiger partial charge in [0.15, 0.2) is 34.7 Å². The fourth-order valence-corrected chi connectivity index (χ4v) is 8.43. The van der Waals surface area contributed by atoms with Crippen molar-refractivity contribution in [2.45, 2.75) is 61.7 Å². The first-order valence-corrected chi connectivity index (χ1v) is 17.1. The predicted octanol–water partition coefficient (Wildman–Crippen LogP) is -2.28. The van der Waals surface area contributed by atoms with Gasteiger partial charge in [-0.2, -0.15) is 0 Å². The number of benzene rings is 2. The number of aromatic hydroxyl groups is 1. The molecule has 11 atom stereocenters. The van der Waals surface area contributed by atoms with E-state index in [1.54, 1.807) is 49.3 Å². The molecule has 1 aliphatic heterocycles. The molecule has 53 heavy (non-hydrogen) atoms. The number of Topliss-reactive ketones (excluding diaryl/α,β-unsaturated/α-hetero) is 4. The Balaban J connectivity index is 1.33. The maximum absolute atomic E-state index is 14.4. The summed E-state index contributed by atoms with van der Waals surface area (Å²) in [6, 6.07) is 6.95. The van der Waals surface area contributed by atoms with E-state index >= 15 is 0 Å². The van der Waals surface area contributed by atoms with Crippen LogP contribution in [0.25, 0.3) is 0 Å². The highest BCUT2D eigenvalue weighted by Gasteiger charge is 2.69. The van der Waals surface area contributed by atoms with Gasteiger partial charge >= 0.3 is 0 Å². The first-order chi connectivity index (χ1) is 24.9. The van der Waals surface area contributed by atoms with E-state index < -0.39 is 107 Å². The summed E-state index contributed by atoms with van der Waals surface area (Å²) in [5, 5.41) is 67.0. The largest absolute Gasteiger partial charge is 0.505 e. The lowest BCUT2D eigenvalue weighted by Gasteiger charge is -2.52. The molecule has 4 aliphatic rings. The van der Waals surface area contributed by atoms with Crippen molar-refractivity contribution < 1.29 is 64.1 Å². The molecule has 2 saturated carbocycles. The van der Waals surface area contributed by atoms with Gasteiger partial charge in [-0.05, 0) is 50.6 Å². The predicted molar refractivity (Wildman–Crippen MR) is 184 cm³/mol. The van der Waals surface area contributed by atoms with Crippen molar-refractivity contribution in [2.24, 2.45) is 29.4 Å². The van der Waals surface area contributed by atoms with Gasteiger partial charge in [0, 0.05) is 37.8 Å². The van der Waals surface area contributed by atoms with E-state index in [4.69, 9.17) is 15.2 Å². The zero-order chi connectivity index (χ0) is 38.8. The Bertz CT molecular complexity index is 1850. The molecule has 0 spiro atoms. The van der Waals surface area contributed by atoms with Crippen LogP contribution in [-0.4, -0.2) is 142 Å². The summed E-state index contributed by atoms with van der Waals surface area (Å²) in [6.45, 7) is -0.678. The topological polar surface area (TPSA) is 270 Å². The highest BCUT2D eigenvalue weighted by Crippen LogP contribution is 2.53. The van der Waals surface area contributed by atoms with E-state index in [0.29, 0.717) is 16.8 Å². The number of fused-ring (bicyclic) bond motifs is 3. The number of primary amides is 1. The standard InChI is InChI=1S/C36H44N4O13/c1-39(2)19-11-18(38-12-14-7-5-6-8-20(14)52-35-31(47)30(46)27(43)21(13-41)53-35)26(42)23-16(19)9-15-10-17-25(40(3)4)29(45)24(34(37)50)33(49)36(17,51)32(48)22(15)28(23)44/h5-8,11,15,17,21-22,24-25,27,30-31,35,38,41-43,46-47,51H,9-10,12-13H2,1-4H3,(H2,37,50)/t15-,17-,21+,22?,24?,25+,27+,30-,31+,35+,36-/m0/s1. The van der Waals surface area contributed by atoms with E-state index in [1.807, 2.05) is 0 Å². The number of phenols is 1. The molecule has 3 aliphatic carbocycles. The second kappa shape index (κ2) is 14.1. The van der Waals surface area contributed by atoms with Crippen molar-refractivity contribution >= 4 is 40.4 Å². The van der Waals surface area contributed by atoms with Gasteiger partial charge in [0.25, 0.3) is 0 Å². The number of aliphatic hydroxyl groups excluding tert-OH is 4. The molecule has 3 fully saturated rings. The molecule has 17 heteroatoms. The Morgan fingerprint density at radius 3 is 2.34 bits per heavy atom. The van der Waals surface area contributed by atoms with Crippen LogP contribution >= 0.6 is 0 Å². The number of anilines is 2. The molecule has 0 bridgehead atoms. The molecule has 9 N–H and O–H groups in total.